The summed E-state index contributed by atoms with van der Waals surface area (Å²) in [5, 5.41) is 8.66. The van der Waals surface area contributed by atoms with Crippen LogP contribution in [0.2, 0.25) is 0 Å². The number of benzene rings is 1. The lowest BCUT2D eigenvalue weighted by Gasteiger charge is -2.14. The van der Waals surface area contributed by atoms with Gasteiger partial charge in [0.2, 0.25) is 0 Å². The van der Waals surface area contributed by atoms with Gasteiger partial charge in [0, 0.05) is 6.42 Å². The Labute approximate surface area is 104 Å². The quantitative estimate of drug-likeness (QED) is 0.840. The van der Waals surface area contributed by atoms with Gasteiger partial charge >= 0.3 is 5.97 Å². The highest BCUT2D eigenvalue weighted by Crippen LogP contribution is 2.23. The van der Waals surface area contributed by atoms with Crippen LogP contribution in [0, 0.1) is 13.8 Å². The fourth-order valence-corrected chi connectivity index (χ4v) is 1.99. The van der Waals surface area contributed by atoms with Crippen LogP contribution in [0.1, 0.15) is 54.9 Å². The second kappa shape index (κ2) is 5.85. The Kier molecular flexibility index (Phi) is 4.73. The van der Waals surface area contributed by atoms with Crippen molar-refractivity contribution < 1.29 is 9.90 Å². The number of aliphatic carboxylic acids is 1. The molecule has 0 saturated heterocycles. The van der Waals surface area contributed by atoms with E-state index in [1.54, 1.807) is 0 Å². The second-order valence-corrected chi connectivity index (χ2v) is 5.02. The zero-order chi connectivity index (χ0) is 13.0. The Balaban J connectivity index is 2.86. The van der Waals surface area contributed by atoms with Crippen molar-refractivity contribution in [3.05, 3.63) is 34.4 Å². The Morgan fingerprint density at radius 1 is 1.29 bits per heavy atom. The van der Waals surface area contributed by atoms with Gasteiger partial charge in [0.1, 0.15) is 0 Å². The molecule has 0 aromatic heterocycles. The summed E-state index contributed by atoms with van der Waals surface area (Å²) in [6.45, 7) is 8.62. The monoisotopic (exact) mass is 234 g/mol. The van der Waals surface area contributed by atoms with E-state index in [0.29, 0.717) is 5.92 Å². The Bertz CT molecular complexity index is 406. The fourth-order valence-electron chi connectivity index (χ4n) is 1.99. The van der Waals surface area contributed by atoms with Gasteiger partial charge in [0.15, 0.2) is 0 Å². The molecule has 94 valence electrons. The van der Waals surface area contributed by atoms with E-state index >= 15 is 0 Å². The molecule has 1 aromatic rings. The number of carbonyl (C=O) groups is 1. The third-order valence-electron chi connectivity index (χ3n) is 3.30. The van der Waals surface area contributed by atoms with E-state index in [0.717, 1.165) is 12.8 Å². The van der Waals surface area contributed by atoms with Gasteiger partial charge in [-0.05, 0) is 54.9 Å². The lowest BCUT2D eigenvalue weighted by atomic mass is 9.92. The van der Waals surface area contributed by atoms with Crippen LogP contribution in [-0.2, 0) is 11.2 Å². The summed E-state index contributed by atoms with van der Waals surface area (Å²) >= 11 is 0. The van der Waals surface area contributed by atoms with E-state index < -0.39 is 5.97 Å². The molecule has 0 bridgehead atoms. The number of hydrogen-bond donors (Lipinski definition) is 1. The number of aryl methyl sites for hydroxylation is 2. The lowest BCUT2D eigenvalue weighted by Crippen LogP contribution is -2.00. The molecule has 0 aliphatic carbocycles. The maximum Gasteiger partial charge on any atom is 0.303 e. The minimum atomic E-state index is -0.709. The second-order valence-electron chi connectivity index (χ2n) is 5.02. The summed E-state index contributed by atoms with van der Waals surface area (Å²) in [6.07, 6.45) is 1.83. The van der Waals surface area contributed by atoms with Crippen molar-refractivity contribution in [2.75, 3.05) is 0 Å². The van der Waals surface area contributed by atoms with E-state index in [2.05, 4.69) is 39.8 Å². The van der Waals surface area contributed by atoms with Gasteiger partial charge in [-0.25, -0.2) is 0 Å². The molecule has 1 aromatic carbocycles. The van der Waals surface area contributed by atoms with Crippen LogP contribution in [0.3, 0.4) is 0 Å². The number of hydrogen-bond acceptors (Lipinski definition) is 1. The number of carboxylic acids is 1. The Morgan fingerprint density at radius 2 is 1.94 bits per heavy atom. The van der Waals surface area contributed by atoms with Gasteiger partial charge in [-0.1, -0.05) is 26.0 Å². The lowest BCUT2D eigenvalue weighted by molar-refractivity contribution is -0.137. The third kappa shape index (κ3) is 3.88. The Hall–Kier alpha value is -1.31. The summed E-state index contributed by atoms with van der Waals surface area (Å²) in [5.41, 5.74) is 5.26. The largest absolute Gasteiger partial charge is 0.481 e. The van der Waals surface area contributed by atoms with Crippen molar-refractivity contribution in [2.24, 2.45) is 0 Å². The number of carboxylic acid groups (broad SMARTS) is 1. The molecular formula is C15H22O2. The van der Waals surface area contributed by atoms with E-state index in [4.69, 9.17) is 5.11 Å². The molecule has 0 unspecified atom stereocenters. The molecule has 2 heteroatoms. The van der Waals surface area contributed by atoms with Crippen LogP contribution in [0.15, 0.2) is 12.1 Å². The van der Waals surface area contributed by atoms with Crippen molar-refractivity contribution in [1.29, 1.82) is 0 Å². The van der Waals surface area contributed by atoms with E-state index in [1.807, 2.05) is 0 Å². The van der Waals surface area contributed by atoms with Crippen LogP contribution in [0.4, 0.5) is 0 Å². The normalized spacial score (nSPS) is 10.9. The molecule has 0 atom stereocenters. The number of rotatable bonds is 5. The van der Waals surface area contributed by atoms with Crippen LogP contribution in [-0.4, -0.2) is 11.1 Å². The molecule has 1 N–H and O–H groups in total. The van der Waals surface area contributed by atoms with Gasteiger partial charge < -0.3 is 5.11 Å². The molecule has 0 radical (unpaired) electrons. The average Bonchev–Trinajstić information content (AvgIpc) is 2.23. The summed E-state index contributed by atoms with van der Waals surface area (Å²) in [4.78, 5) is 10.5. The van der Waals surface area contributed by atoms with E-state index in [1.165, 1.54) is 22.3 Å². The van der Waals surface area contributed by atoms with Crippen molar-refractivity contribution in [3.63, 3.8) is 0 Å². The summed E-state index contributed by atoms with van der Waals surface area (Å²) in [6, 6.07) is 4.47. The first-order chi connectivity index (χ1) is 7.91. The predicted molar refractivity (Wildman–Crippen MR) is 70.6 cm³/mol. The third-order valence-corrected chi connectivity index (χ3v) is 3.30. The molecule has 0 heterocycles. The van der Waals surface area contributed by atoms with E-state index in [9.17, 15) is 4.79 Å². The minimum absolute atomic E-state index is 0.254. The molecule has 0 amide bonds. The van der Waals surface area contributed by atoms with Crippen LogP contribution in [0.5, 0.6) is 0 Å². The van der Waals surface area contributed by atoms with Crippen LogP contribution in [0.25, 0.3) is 0 Å². The zero-order valence-corrected chi connectivity index (χ0v) is 11.2. The summed E-state index contributed by atoms with van der Waals surface area (Å²) in [7, 11) is 0. The molecule has 0 aliphatic rings. The summed E-state index contributed by atoms with van der Waals surface area (Å²) < 4.78 is 0. The minimum Gasteiger partial charge on any atom is -0.481 e. The summed E-state index contributed by atoms with van der Waals surface area (Å²) in [5.74, 6) is -0.188. The highest BCUT2D eigenvalue weighted by atomic mass is 16.4. The molecule has 1 rings (SSSR count). The molecular weight excluding hydrogens is 212 g/mol. The predicted octanol–water partition coefficient (Wildman–Crippen LogP) is 3.83. The van der Waals surface area contributed by atoms with E-state index in [-0.39, 0.29) is 6.42 Å². The Morgan fingerprint density at radius 3 is 2.47 bits per heavy atom. The van der Waals surface area contributed by atoms with Crippen molar-refractivity contribution in [2.45, 2.75) is 52.9 Å². The average molecular weight is 234 g/mol. The molecule has 0 fully saturated rings. The maximum atomic E-state index is 10.5. The molecule has 0 saturated carbocycles. The van der Waals surface area contributed by atoms with Crippen molar-refractivity contribution >= 4 is 5.97 Å². The first kappa shape index (κ1) is 13.8. The molecule has 17 heavy (non-hydrogen) atoms. The maximum absolute atomic E-state index is 10.5. The van der Waals surface area contributed by atoms with Gasteiger partial charge in [-0.15, -0.1) is 0 Å². The zero-order valence-electron chi connectivity index (χ0n) is 11.2. The topological polar surface area (TPSA) is 37.3 Å². The SMILES string of the molecule is Cc1cc(C(C)C)cc(CCCC(=O)O)c1C. The molecule has 0 spiro atoms. The standard InChI is InChI=1S/C15H22O2/c1-10(2)14-8-11(3)12(4)13(9-14)6-5-7-15(16)17/h8-10H,5-7H2,1-4H3,(H,16,17). The molecule has 0 aliphatic heterocycles. The van der Waals surface area contributed by atoms with Gasteiger partial charge in [0.05, 0.1) is 0 Å². The van der Waals surface area contributed by atoms with Gasteiger partial charge in [-0.2, -0.15) is 0 Å². The van der Waals surface area contributed by atoms with Crippen molar-refractivity contribution in [3.8, 4) is 0 Å². The van der Waals surface area contributed by atoms with Crippen LogP contribution >= 0.6 is 0 Å². The smallest absolute Gasteiger partial charge is 0.303 e. The van der Waals surface area contributed by atoms with Crippen LogP contribution < -0.4 is 0 Å². The fraction of sp³-hybridized carbons (Fsp3) is 0.533. The highest BCUT2D eigenvalue weighted by Gasteiger charge is 2.07. The first-order valence-corrected chi connectivity index (χ1v) is 6.23. The van der Waals surface area contributed by atoms with Gasteiger partial charge in [-0.3, -0.25) is 4.79 Å². The molecule has 2 nitrogen and oxygen atoms in total. The first-order valence-electron chi connectivity index (χ1n) is 6.23. The van der Waals surface area contributed by atoms with Crippen molar-refractivity contribution in [1.82, 2.24) is 0 Å². The van der Waals surface area contributed by atoms with Gasteiger partial charge in [0.25, 0.3) is 0 Å². The highest BCUT2D eigenvalue weighted by molar-refractivity contribution is 5.66.